The van der Waals surface area contributed by atoms with Gasteiger partial charge < -0.3 is 4.74 Å². The zero-order valence-electron chi connectivity index (χ0n) is 10.1. The van der Waals surface area contributed by atoms with Gasteiger partial charge in [-0.05, 0) is 0 Å². The van der Waals surface area contributed by atoms with E-state index in [9.17, 15) is 13.2 Å². The van der Waals surface area contributed by atoms with Crippen LogP contribution in [0, 0.1) is 5.92 Å². The van der Waals surface area contributed by atoms with E-state index in [1.54, 1.807) is 13.2 Å². The summed E-state index contributed by atoms with van der Waals surface area (Å²) in [7, 11) is -0.372. The summed E-state index contributed by atoms with van der Waals surface area (Å²) in [6.45, 7) is 1.53. The minimum absolute atomic E-state index is 0.109. The van der Waals surface area contributed by atoms with Crippen molar-refractivity contribution in [2.45, 2.75) is 12.7 Å². The molecule has 0 radical (unpaired) electrons. The molecule has 0 aliphatic rings. The molecule has 1 unspecified atom stereocenters. The predicted octanol–water partition coefficient (Wildman–Crippen LogP) is 0.144. The molecule has 0 aliphatic carbocycles. The lowest BCUT2D eigenvalue weighted by molar-refractivity contribution is -0.144. The molecule has 1 rings (SSSR count). The summed E-state index contributed by atoms with van der Waals surface area (Å²) < 4.78 is 29.6. The molecular formula is C10H16N2O4S. The Hall–Kier alpha value is -1.37. The molecule has 1 heterocycles. The van der Waals surface area contributed by atoms with Crippen LogP contribution in [0.2, 0.25) is 0 Å². The Labute approximate surface area is 100 Å². The van der Waals surface area contributed by atoms with Crippen molar-refractivity contribution in [2.24, 2.45) is 13.0 Å². The number of ether oxygens (including phenoxy) is 1. The van der Waals surface area contributed by atoms with E-state index in [2.05, 4.69) is 9.84 Å². The van der Waals surface area contributed by atoms with Crippen LogP contribution in [0.4, 0.5) is 0 Å². The molecular weight excluding hydrogens is 244 g/mol. The van der Waals surface area contributed by atoms with E-state index in [1.165, 1.54) is 24.9 Å². The van der Waals surface area contributed by atoms with Crippen LogP contribution in [0.1, 0.15) is 12.5 Å². The van der Waals surface area contributed by atoms with E-state index in [-0.39, 0.29) is 11.5 Å². The summed E-state index contributed by atoms with van der Waals surface area (Å²) in [6.07, 6.45) is 3.14. The molecule has 1 aromatic heterocycles. The highest BCUT2D eigenvalue weighted by atomic mass is 32.2. The number of carbonyl (C=O) groups excluding carboxylic acids is 1. The molecule has 0 aliphatic heterocycles. The van der Waals surface area contributed by atoms with Crippen LogP contribution < -0.4 is 0 Å². The number of rotatable bonds is 5. The fraction of sp³-hybridized carbons (Fsp3) is 0.600. The third kappa shape index (κ3) is 4.18. The third-order valence-electron chi connectivity index (χ3n) is 2.25. The standard InChI is InChI=1S/C10H16N2O4S/c1-8(10(13)16-3)6-17(14,15)7-9-4-11-12(2)5-9/h4-5,8H,6-7H2,1-3H3. The molecule has 96 valence electrons. The quantitative estimate of drug-likeness (QED) is 0.704. The number of nitrogens with zero attached hydrogens (tertiary/aromatic N) is 2. The van der Waals surface area contributed by atoms with Crippen molar-refractivity contribution in [3.05, 3.63) is 18.0 Å². The normalized spacial score (nSPS) is 13.4. The summed E-state index contributed by atoms with van der Waals surface area (Å²) in [4.78, 5) is 11.1. The van der Waals surface area contributed by atoms with E-state index in [0.29, 0.717) is 5.56 Å². The number of aryl methyl sites for hydroxylation is 1. The predicted molar refractivity (Wildman–Crippen MR) is 61.9 cm³/mol. The van der Waals surface area contributed by atoms with Gasteiger partial charge in [-0.25, -0.2) is 8.42 Å². The Morgan fingerprint density at radius 1 is 1.59 bits per heavy atom. The lowest BCUT2D eigenvalue weighted by atomic mass is 10.2. The summed E-state index contributed by atoms with van der Waals surface area (Å²) in [5, 5.41) is 3.89. The summed E-state index contributed by atoms with van der Waals surface area (Å²) in [5.41, 5.74) is 0.615. The monoisotopic (exact) mass is 260 g/mol. The van der Waals surface area contributed by atoms with Crippen molar-refractivity contribution in [3.8, 4) is 0 Å². The van der Waals surface area contributed by atoms with Crippen molar-refractivity contribution < 1.29 is 17.9 Å². The molecule has 0 fully saturated rings. The van der Waals surface area contributed by atoms with Crippen molar-refractivity contribution in [1.29, 1.82) is 0 Å². The van der Waals surface area contributed by atoms with Crippen LogP contribution in [-0.2, 0) is 32.2 Å². The molecule has 6 nitrogen and oxygen atoms in total. The molecule has 0 spiro atoms. The van der Waals surface area contributed by atoms with E-state index in [4.69, 9.17) is 0 Å². The first-order valence-corrected chi connectivity index (χ1v) is 6.92. The highest BCUT2D eigenvalue weighted by Crippen LogP contribution is 2.10. The van der Waals surface area contributed by atoms with Crippen LogP contribution in [-0.4, -0.2) is 37.0 Å². The number of aromatic nitrogens is 2. The summed E-state index contributed by atoms with van der Waals surface area (Å²) in [5.74, 6) is -1.49. The van der Waals surface area contributed by atoms with Crippen molar-refractivity contribution in [2.75, 3.05) is 12.9 Å². The van der Waals surface area contributed by atoms with E-state index >= 15 is 0 Å². The Morgan fingerprint density at radius 2 is 2.24 bits per heavy atom. The number of methoxy groups -OCH3 is 1. The highest BCUT2D eigenvalue weighted by Gasteiger charge is 2.22. The molecule has 0 saturated heterocycles. The van der Waals surface area contributed by atoms with Crippen LogP contribution in [0.5, 0.6) is 0 Å². The van der Waals surface area contributed by atoms with Gasteiger partial charge in [0.15, 0.2) is 9.84 Å². The van der Waals surface area contributed by atoms with Gasteiger partial charge in [0.05, 0.1) is 30.7 Å². The first-order valence-electron chi connectivity index (χ1n) is 5.10. The minimum Gasteiger partial charge on any atom is -0.469 e. The topological polar surface area (TPSA) is 78.3 Å². The minimum atomic E-state index is -3.33. The Bertz CT molecular complexity index is 492. The summed E-state index contributed by atoms with van der Waals surface area (Å²) in [6, 6.07) is 0. The zero-order chi connectivity index (χ0) is 13.1. The van der Waals surface area contributed by atoms with Gasteiger partial charge in [-0.2, -0.15) is 5.10 Å². The van der Waals surface area contributed by atoms with Crippen LogP contribution in [0.25, 0.3) is 0 Å². The van der Waals surface area contributed by atoms with E-state index < -0.39 is 21.7 Å². The average molecular weight is 260 g/mol. The molecule has 7 heteroatoms. The number of hydrogen-bond acceptors (Lipinski definition) is 5. The third-order valence-corrected chi connectivity index (χ3v) is 4.03. The smallest absolute Gasteiger partial charge is 0.309 e. The maximum absolute atomic E-state index is 11.8. The van der Waals surface area contributed by atoms with Crippen molar-refractivity contribution in [1.82, 2.24) is 9.78 Å². The fourth-order valence-electron chi connectivity index (χ4n) is 1.51. The van der Waals surface area contributed by atoms with Gasteiger partial charge in [0.25, 0.3) is 0 Å². The SMILES string of the molecule is COC(=O)C(C)CS(=O)(=O)Cc1cnn(C)c1. The number of esters is 1. The van der Waals surface area contributed by atoms with Gasteiger partial charge in [-0.1, -0.05) is 6.92 Å². The lowest BCUT2D eigenvalue weighted by Crippen LogP contribution is -2.23. The largest absolute Gasteiger partial charge is 0.469 e. The van der Waals surface area contributed by atoms with Gasteiger partial charge in [-0.15, -0.1) is 0 Å². The maximum atomic E-state index is 11.8. The molecule has 0 bridgehead atoms. The zero-order valence-corrected chi connectivity index (χ0v) is 10.9. The average Bonchev–Trinajstić information content (AvgIpc) is 2.60. The van der Waals surface area contributed by atoms with Crippen LogP contribution in [0.15, 0.2) is 12.4 Å². The van der Waals surface area contributed by atoms with Crippen molar-refractivity contribution >= 4 is 15.8 Å². The Morgan fingerprint density at radius 3 is 2.71 bits per heavy atom. The second kappa shape index (κ2) is 5.31. The lowest BCUT2D eigenvalue weighted by Gasteiger charge is -2.08. The van der Waals surface area contributed by atoms with E-state index in [0.717, 1.165) is 0 Å². The van der Waals surface area contributed by atoms with E-state index in [1.807, 2.05) is 0 Å². The molecule has 0 amide bonds. The van der Waals surface area contributed by atoms with Crippen molar-refractivity contribution in [3.63, 3.8) is 0 Å². The molecule has 1 atom stereocenters. The molecule has 0 N–H and O–H groups in total. The van der Waals surface area contributed by atoms with Gasteiger partial charge in [0.2, 0.25) is 0 Å². The molecule has 1 aromatic rings. The maximum Gasteiger partial charge on any atom is 0.309 e. The first kappa shape index (κ1) is 13.7. The van der Waals surface area contributed by atoms with Crippen LogP contribution >= 0.6 is 0 Å². The molecule has 0 saturated carbocycles. The Balaban J connectivity index is 2.66. The highest BCUT2D eigenvalue weighted by molar-refractivity contribution is 7.90. The number of carbonyl (C=O) groups is 1. The second-order valence-electron chi connectivity index (χ2n) is 4.00. The summed E-state index contributed by atoms with van der Waals surface area (Å²) >= 11 is 0. The number of sulfone groups is 1. The first-order chi connectivity index (χ1) is 7.84. The second-order valence-corrected chi connectivity index (χ2v) is 6.11. The Kier molecular flexibility index (Phi) is 4.28. The van der Waals surface area contributed by atoms with Gasteiger partial charge in [0.1, 0.15) is 0 Å². The van der Waals surface area contributed by atoms with Crippen LogP contribution in [0.3, 0.4) is 0 Å². The number of hydrogen-bond donors (Lipinski definition) is 0. The van der Waals surface area contributed by atoms with Gasteiger partial charge in [-0.3, -0.25) is 9.48 Å². The van der Waals surface area contributed by atoms with Gasteiger partial charge in [0, 0.05) is 18.8 Å². The van der Waals surface area contributed by atoms with Gasteiger partial charge >= 0.3 is 5.97 Å². The molecule has 0 aromatic carbocycles. The molecule has 17 heavy (non-hydrogen) atoms. The fourth-order valence-corrected chi connectivity index (χ4v) is 3.18.